The van der Waals surface area contributed by atoms with Crippen LogP contribution in [0.4, 0.5) is 18.9 Å². The van der Waals surface area contributed by atoms with Gasteiger partial charge in [-0.2, -0.15) is 18.3 Å². The Kier molecular flexibility index (Phi) is 4.06. The lowest BCUT2D eigenvalue weighted by atomic mass is 10.0. The van der Waals surface area contributed by atoms with Crippen molar-refractivity contribution in [2.24, 2.45) is 0 Å². The van der Waals surface area contributed by atoms with Gasteiger partial charge in [-0.15, -0.1) is 0 Å². The van der Waals surface area contributed by atoms with E-state index in [1.54, 1.807) is 19.5 Å². The molecule has 1 aliphatic carbocycles. The third-order valence-corrected chi connectivity index (χ3v) is 5.86. The summed E-state index contributed by atoms with van der Waals surface area (Å²) in [5.74, 6) is 0.660. The molecule has 1 aliphatic heterocycles. The van der Waals surface area contributed by atoms with E-state index in [4.69, 9.17) is 9.72 Å². The molecule has 3 aromatic heterocycles. The number of nitrogens with zero attached hydrogens (tertiary/aromatic N) is 5. The number of ether oxygens (including phenoxy) is 1. The van der Waals surface area contributed by atoms with E-state index in [9.17, 15) is 13.2 Å². The van der Waals surface area contributed by atoms with Crippen molar-refractivity contribution in [1.29, 1.82) is 0 Å². The monoisotopic (exact) mass is 415 g/mol. The first-order valence-electron chi connectivity index (χ1n) is 9.66. The fourth-order valence-corrected chi connectivity index (χ4v) is 4.27. The van der Waals surface area contributed by atoms with Gasteiger partial charge in [0.15, 0.2) is 0 Å². The molecular weight excluding hydrogens is 395 g/mol. The summed E-state index contributed by atoms with van der Waals surface area (Å²) in [6, 6.07) is 3.93. The van der Waals surface area contributed by atoms with E-state index in [2.05, 4.69) is 15.0 Å². The molecule has 0 radical (unpaired) electrons. The maximum atomic E-state index is 12.7. The molecule has 156 valence electrons. The average molecular weight is 415 g/mol. The Bertz CT molecular complexity index is 1120. The zero-order valence-electron chi connectivity index (χ0n) is 16.6. The van der Waals surface area contributed by atoms with Crippen LogP contribution in [0.25, 0.3) is 11.3 Å². The van der Waals surface area contributed by atoms with E-state index in [1.165, 1.54) is 12.4 Å². The Morgan fingerprint density at radius 1 is 1.17 bits per heavy atom. The van der Waals surface area contributed by atoms with Gasteiger partial charge >= 0.3 is 6.18 Å². The highest BCUT2D eigenvalue weighted by Crippen LogP contribution is 2.58. The summed E-state index contributed by atoms with van der Waals surface area (Å²) in [6.07, 6.45) is 3.91. The van der Waals surface area contributed by atoms with Gasteiger partial charge in [0.25, 0.3) is 0 Å². The molecule has 0 bridgehead atoms. The average Bonchev–Trinajstić information content (AvgIpc) is 3.26. The molecule has 30 heavy (non-hydrogen) atoms. The standard InChI is InChI=1S/C21H20F3N5O/c1-13-5-18(14-6-16(30-2)9-25-7-14)27-19-17(13)11-29(20(19)3-4-20)15-8-26-28(10-15)12-21(22,23)24/h5-10H,3-4,11-12H2,1-2H3. The van der Waals surface area contributed by atoms with Crippen LogP contribution >= 0.6 is 0 Å². The zero-order chi connectivity index (χ0) is 21.1. The van der Waals surface area contributed by atoms with Crippen molar-refractivity contribution < 1.29 is 17.9 Å². The molecule has 0 atom stereocenters. The van der Waals surface area contributed by atoms with Gasteiger partial charge in [-0.1, -0.05) is 0 Å². The Morgan fingerprint density at radius 3 is 2.67 bits per heavy atom. The highest BCUT2D eigenvalue weighted by molar-refractivity contribution is 5.66. The second-order valence-electron chi connectivity index (χ2n) is 7.89. The van der Waals surface area contributed by atoms with Crippen LogP contribution in [0.1, 0.15) is 29.7 Å². The van der Waals surface area contributed by atoms with Crippen LogP contribution < -0.4 is 9.64 Å². The molecular formula is C21H20F3N5O. The number of hydrogen-bond acceptors (Lipinski definition) is 5. The molecule has 4 heterocycles. The molecule has 1 spiro atoms. The third kappa shape index (κ3) is 3.09. The number of pyridine rings is 2. The molecule has 5 rings (SSSR count). The first-order valence-corrected chi connectivity index (χ1v) is 9.66. The first-order chi connectivity index (χ1) is 14.3. The molecule has 0 aromatic carbocycles. The molecule has 0 N–H and O–H groups in total. The Morgan fingerprint density at radius 2 is 1.97 bits per heavy atom. The summed E-state index contributed by atoms with van der Waals surface area (Å²) in [5.41, 5.74) is 5.35. The SMILES string of the molecule is COc1cncc(-c2cc(C)c3c(n2)C2(CC2)N(c2cnn(CC(F)(F)F)c2)C3)c1. The van der Waals surface area contributed by atoms with Crippen molar-refractivity contribution in [1.82, 2.24) is 19.7 Å². The van der Waals surface area contributed by atoms with E-state index in [0.717, 1.165) is 45.6 Å². The fraction of sp³-hybridized carbons (Fsp3) is 0.381. The van der Waals surface area contributed by atoms with Crippen LogP contribution in [0.15, 0.2) is 36.9 Å². The quantitative estimate of drug-likeness (QED) is 0.638. The zero-order valence-corrected chi connectivity index (χ0v) is 16.6. The molecule has 0 amide bonds. The van der Waals surface area contributed by atoms with Crippen LogP contribution in [0.5, 0.6) is 5.75 Å². The van der Waals surface area contributed by atoms with Crippen molar-refractivity contribution >= 4 is 5.69 Å². The maximum absolute atomic E-state index is 12.7. The number of anilines is 1. The summed E-state index contributed by atoms with van der Waals surface area (Å²) in [4.78, 5) is 11.3. The van der Waals surface area contributed by atoms with E-state index in [0.29, 0.717) is 18.0 Å². The van der Waals surface area contributed by atoms with Crippen molar-refractivity contribution in [3.8, 4) is 17.0 Å². The summed E-state index contributed by atoms with van der Waals surface area (Å²) < 4.78 is 44.4. The summed E-state index contributed by atoms with van der Waals surface area (Å²) in [7, 11) is 1.60. The summed E-state index contributed by atoms with van der Waals surface area (Å²) in [5, 5.41) is 3.92. The smallest absolute Gasteiger partial charge is 0.408 e. The molecule has 0 saturated heterocycles. The third-order valence-electron chi connectivity index (χ3n) is 5.86. The van der Waals surface area contributed by atoms with Gasteiger partial charge in [-0.25, -0.2) is 4.98 Å². The Hall–Kier alpha value is -3.10. The van der Waals surface area contributed by atoms with Gasteiger partial charge in [0.1, 0.15) is 12.3 Å². The normalized spacial score (nSPS) is 16.8. The highest BCUT2D eigenvalue weighted by atomic mass is 19.4. The number of methoxy groups -OCH3 is 1. The number of fused-ring (bicyclic) bond motifs is 2. The minimum absolute atomic E-state index is 0.269. The van der Waals surface area contributed by atoms with Crippen LogP contribution in [-0.2, 0) is 18.6 Å². The topological polar surface area (TPSA) is 56.1 Å². The fourth-order valence-electron chi connectivity index (χ4n) is 4.27. The van der Waals surface area contributed by atoms with Crippen LogP contribution in [-0.4, -0.2) is 33.0 Å². The van der Waals surface area contributed by atoms with Gasteiger partial charge in [0.05, 0.1) is 42.1 Å². The number of aryl methyl sites for hydroxylation is 1. The van der Waals surface area contributed by atoms with Gasteiger partial charge in [-0.3, -0.25) is 9.67 Å². The minimum Gasteiger partial charge on any atom is -0.495 e. The van der Waals surface area contributed by atoms with E-state index in [-0.39, 0.29) is 5.54 Å². The van der Waals surface area contributed by atoms with Gasteiger partial charge in [0.2, 0.25) is 0 Å². The number of hydrogen-bond donors (Lipinski definition) is 0. The second-order valence-corrected chi connectivity index (χ2v) is 7.89. The van der Waals surface area contributed by atoms with Crippen molar-refractivity contribution in [3.63, 3.8) is 0 Å². The summed E-state index contributed by atoms with van der Waals surface area (Å²) >= 11 is 0. The highest BCUT2D eigenvalue weighted by Gasteiger charge is 2.56. The Labute approximate surface area is 171 Å². The lowest BCUT2D eigenvalue weighted by Gasteiger charge is -2.24. The van der Waals surface area contributed by atoms with Crippen molar-refractivity contribution in [3.05, 3.63) is 53.7 Å². The lowest BCUT2D eigenvalue weighted by Crippen LogP contribution is -2.28. The first kappa shape index (κ1) is 18.9. The predicted octanol–water partition coefficient (Wildman–Crippen LogP) is 4.23. The van der Waals surface area contributed by atoms with Gasteiger partial charge in [-0.05, 0) is 43.0 Å². The molecule has 1 fully saturated rings. The number of rotatable bonds is 4. The maximum Gasteiger partial charge on any atom is 0.408 e. The van der Waals surface area contributed by atoms with Crippen LogP contribution in [0, 0.1) is 6.92 Å². The molecule has 3 aromatic rings. The lowest BCUT2D eigenvalue weighted by molar-refractivity contribution is -0.142. The predicted molar refractivity (Wildman–Crippen MR) is 104 cm³/mol. The van der Waals surface area contributed by atoms with E-state index < -0.39 is 12.7 Å². The number of alkyl halides is 3. The molecule has 6 nitrogen and oxygen atoms in total. The van der Waals surface area contributed by atoms with Crippen LogP contribution in [0.3, 0.4) is 0 Å². The molecule has 1 saturated carbocycles. The largest absolute Gasteiger partial charge is 0.495 e. The van der Waals surface area contributed by atoms with Gasteiger partial charge in [0, 0.05) is 24.5 Å². The molecule has 9 heteroatoms. The molecule has 2 aliphatic rings. The van der Waals surface area contributed by atoms with E-state index in [1.807, 2.05) is 19.1 Å². The number of halogens is 3. The second kappa shape index (κ2) is 6.45. The molecule has 0 unspecified atom stereocenters. The van der Waals surface area contributed by atoms with Crippen molar-refractivity contribution in [2.45, 2.75) is 44.6 Å². The van der Waals surface area contributed by atoms with Crippen molar-refractivity contribution in [2.75, 3.05) is 12.0 Å². The van der Waals surface area contributed by atoms with Crippen LogP contribution in [0.2, 0.25) is 0 Å². The van der Waals surface area contributed by atoms with Gasteiger partial charge < -0.3 is 9.64 Å². The number of aromatic nitrogens is 4. The summed E-state index contributed by atoms with van der Waals surface area (Å²) in [6.45, 7) is 1.57. The Balaban J connectivity index is 1.51. The van der Waals surface area contributed by atoms with E-state index >= 15 is 0 Å². The minimum atomic E-state index is -4.30.